The van der Waals surface area contributed by atoms with E-state index in [0.29, 0.717) is 12.0 Å². The van der Waals surface area contributed by atoms with Gasteiger partial charge in [0.05, 0.1) is 5.56 Å². The number of aryl methyl sites for hydroxylation is 2. The third-order valence-corrected chi connectivity index (χ3v) is 3.20. The van der Waals surface area contributed by atoms with Crippen LogP contribution in [0.2, 0.25) is 0 Å². The third kappa shape index (κ3) is 2.50. The van der Waals surface area contributed by atoms with Gasteiger partial charge in [-0.1, -0.05) is 18.2 Å². The molecule has 0 atom stereocenters. The van der Waals surface area contributed by atoms with Crippen LogP contribution in [0.3, 0.4) is 0 Å². The van der Waals surface area contributed by atoms with Crippen LogP contribution < -0.4 is 4.74 Å². The monoisotopic (exact) mass is 258 g/mol. The summed E-state index contributed by atoms with van der Waals surface area (Å²) in [4.78, 5) is 11.0. The Bertz CT molecular complexity index is 633. The van der Waals surface area contributed by atoms with Gasteiger partial charge >= 0.3 is 0 Å². The molecule has 98 valence electrons. The number of hydrogen-bond donors (Lipinski definition) is 0. The maximum Gasteiger partial charge on any atom is 0.173 e. The number of carbonyl (C=O) groups excluding carboxylic acids is 1. The average molecular weight is 258 g/mol. The van der Waals surface area contributed by atoms with Crippen LogP contribution in [0.1, 0.15) is 27.0 Å². The van der Waals surface area contributed by atoms with E-state index in [2.05, 4.69) is 0 Å². The van der Waals surface area contributed by atoms with Gasteiger partial charge in [0.1, 0.15) is 5.75 Å². The highest BCUT2D eigenvalue weighted by molar-refractivity contribution is 5.79. The van der Waals surface area contributed by atoms with Gasteiger partial charge in [-0.15, -0.1) is 0 Å². The summed E-state index contributed by atoms with van der Waals surface area (Å²) in [5.74, 6) is 0.0485. The van der Waals surface area contributed by atoms with Crippen molar-refractivity contribution in [3.05, 3.63) is 58.4 Å². The van der Waals surface area contributed by atoms with Crippen LogP contribution in [0.5, 0.6) is 11.5 Å². The van der Waals surface area contributed by atoms with Crippen molar-refractivity contribution in [2.24, 2.45) is 0 Å². The molecular weight excluding hydrogens is 243 g/mol. The minimum Gasteiger partial charge on any atom is -0.453 e. The van der Waals surface area contributed by atoms with Crippen LogP contribution in [0.4, 0.5) is 4.39 Å². The van der Waals surface area contributed by atoms with Crippen molar-refractivity contribution in [1.29, 1.82) is 0 Å². The topological polar surface area (TPSA) is 26.3 Å². The number of aldehydes is 1. The molecule has 2 aromatic carbocycles. The Labute approximate surface area is 111 Å². The fourth-order valence-corrected chi connectivity index (χ4v) is 1.91. The Balaban J connectivity index is 2.53. The number of rotatable bonds is 3. The van der Waals surface area contributed by atoms with Gasteiger partial charge in [0.25, 0.3) is 0 Å². The quantitative estimate of drug-likeness (QED) is 0.765. The number of para-hydroxylation sites is 1. The van der Waals surface area contributed by atoms with Gasteiger partial charge in [0.2, 0.25) is 0 Å². The summed E-state index contributed by atoms with van der Waals surface area (Å²) in [7, 11) is 0. The predicted octanol–water partition coefficient (Wildman–Crippen LogP) is 4.36. The van der Waals surface area contributed by atoms with Gasteiger partial charge in [-0.2, -0.15) is 0 Å². The van der Waals surface area contributed by atoms with Crippen LogP contribution in [-0.2, 0) is 0 Å². The molecule has 0 unspecified atom stereocenters. The molecule has 0 N–H and O–H groups in total. The fraction of sp³-hybridized carbons (Fsp3) is 0.188. The van der Waals surface area contributed by atoms with E-state index in [-0.39, 0.29) is 11.3 Å². The lowest BCUT2D eigenvalue weighted by Gasteiger charge is -2.15. The van der Waals surface area contributed by atoms with E-state index in [9.17, 15) is 9.18 Å². The number of carbonyl (C=O) groups is 1. The Hall–Kier alpha value is -2.16. The average Bonchev–Trinajstić information content (AvgIpc) is 2.40. The van der Waals surface area contributed by atoms with Crippen LogP contribution in [-0.4, -0.2) is 6.29 Å². The Morgan fingerprint density at radius 1 is 1.00 bits per heavy atom. The van der Waals surface area contributed by atoms with E-state index in [1.807, 2.05) is 32.9 Å². The Morgan fingerprint density at radius 2 is 1.68 bits per heavy atom. The van der Waals surface area contributed by atoms with Crippen molar-refractivity contribution in [1.82, 2.24) is 0 Å². The molecule has 3 heteroatoms. The van der Waals surface area contributed by atoms with E-state index in [0.717, 1.165) is 16.7 Å². The maximum atomic E-state index is 13.8. The lowest BCUT2D eigenvalue weighted by atomic mass is 10.1. The minimum atomic E-state index is -0.537. The second kappa shape index (κ2) is 5.22. The standard InChI is InChI=1S/C16H15FO2/c1-10-7-8-11(2)15(12(10)3)19-16-13(9-18)5-4-6-14(16)17/h4-9H,1-3H3. The van der Waals surface area contributed by atoms with Crippen molar-refractivity contribution >= 4 is 6.29 Å². The molecule has 0 radical (unpaired) electrons. The molecule has 0 saturated carbocycles. The normalized spacial score (nSPS) is 10.3. The number of ether oxygens (including phenoxy) is 1. The summed E-state index contributed by atoms with van der Waals surface area (Å²) in [5, 5.41) is 0. The van der Waals surface area contributed by atoms with Gasteiger partial charge in [-0.3, -0.25) is 4.79 Å². The van der Waals surface area contributed by atoms with E-state index >= 15 is 0 Å². The van der Waals surface area contributed by atoms with Crippen molar-refractivity contribution in [2.75, 3.05) is 0 Å². The molecule has 2 aromatic rings. The summed E-state index contributed by atoms with van der Waals surface area (Å²) < 4.78 is 19.5. The van der Waals surface area contributed by atoms with Gasteiger partial charge in [-0.05, 0) is 49.6 Å². The molecule has 0 aliphatic heterocycles. The lowest BCUT2D eigenvalue weighted by molar-refractivity contribution is 0.112. The highest BCUT2D eigenvalue weighted by Gasteiger charge is 2.14. The number of benzene rings is 2. The van der Waals surface area contributed by atoms with Crippen LogP contribution in [0.15, 0.2) is 30.3 Å². The van der Waals surface area contributed by atoms with Gasteiger partial charge in [-0.25, -0.2) is 4.39 Å². The number of halogens is 1. The molecule has 0 saturated heterocycles. The first-order chi connectivity index (χ1) is 9.04. The molecule has 0 heterocycles. The maximum absolute atomic E-state index is 13.8. The molecule has 0 bridgehead atoms. The van der Waals surface area contributed by atoms with Crippen molar-refractivity contribution < 1.29 is 13.9 Å². The summed E-state index contributed by atoms with van der Waals surface area (Å²) in [6.45, 7) is 5.77. The van der Waals surface area contributed by atoms with E-state index < -0.39 is 5.82 Å². The zero-order valence-corrected chi connectivity index (χ0v) is 11.2. The minimum absolute atomic E-state index is 0.0192. The third-order valence-electron chi connectivity index (χ3n) is 3.20. The molecule has 0 fully saturated rings. The molecular formula is C16H15FO2. The first-order valence-corrected chi connectivity index (χ1v) is 6.03. The van der Waals surface area contributed by atoms with Crippen molar-refractivity contribution in [3.63, 3.8) is 0 Å². The molecule has 0 aromatic heterocycles. The highest BCUT2D eigenvalue weighted by atomic mass is 19.1. The molecule has 2 nitrogen and oxygen atoms in total. The van der Waals surface area contributed by atoms with E-state index in [4.69, 9.17) is 4.74 Å². The molecule has 0 aliphatic carbocycles. The summed E-state index contributed by atoms with van der Waals surface area (Å²) >= 11 is 0. The first-order valence-electron chi connectivity index (χ1n) is 6.03. The molecule has 0 amide bonds. The van der Waals surface area contributed by atoms with Crippen LogP contribution in [0, 0.1) is 26.6 Å². The molecule has 0 spiro atoms. The largest absolute Gasteiger partial charge is 0.453 e. The molecule has 0 aliphatic rings. The SMILES string of the molecule is Cc1ccc(C)c(Oc2c(F)cccc2C=O)c1C. The number of hydrogen-bond acceptors (Lipinski definition) is 2. The second-order valence-electron chi connectivity index (χ2n) is 4.53. The van der Waals surface area contributed by atoms with E-state index in [1.165, 1.54) is 18.2 Å². The van der Waals surface area contributed by atoms with Crippen LogP contribution >= 0.6 is 0 Å². The van der Waals surface area contributed by atoms with E-state index in [1.54, 1.807) is 0 Å². The highest BCUT2D eigenvalue weighted by Crippen LogP contribution is 2.33. The summed E-state index contributed by atoms with van der Waals surface area (Å²) in [5.41, 5.74) is 3.12. The smallest absolute Gasteiger partial charge is 0.173 e. The summed E-state index contributed by atoms with van der Waals surface area (Å²) in [6, 6.07) is 8.20. The summed E-state index contributed by atoms with van der Waals surface area (Å²) in [6.07, 6.45) is 0.596. The molecule has 19 heavy (non-hydrogen) atoms. The first kappa shape index (κ1) is 13.3. The zero-order valence-electron chi connectivity index (χ0n) is 11.2. The van der Waals surface area contributed by atoms with Gasteiger partial charge < -0.3 is 4.74 Å². The Morgan fingerprint density at radius 3 is 2.37 bits per heavy atom. The fourth-order valence-electron chi connectivity index (χ4n) is 1.91. The van der Waals surface area contributed by atoms with Gasteiger partial charge in [0.15, 0.2) is 17.9 Å². The zero-order chi connectivity index (χ0) is 14.0. The lowest BCUT2D eigenvalue weighted by Crippen LogP contribution is -1.98. The van der Waals surface area contributed by atoms with Crippen molar-refractivity contribution in [2.45, 2.75) is 20.8 Å². The predicted molar refractivity (Wildman–Crippen MR) is 72.5 cm³/mol. The molecule has 2 rings (SSSR count). The van der Waals surface area contributed by atoms with Crippen molar-refractivity contribution in [3.8, 4) is 11.5 Å². The van der Waals surface area contributed by atoms with Crippen LogP contribution in [0.25, 0.3) is 0 Å². The Kier molecular flexibility index (Phi) is 3.65. The van der Waals surface area contributed by atoms with Gasteiger partial charge in [0, 0.05) is 0 Å². The second-order valence-corrected chi connectivity index (χ2v) is 4.53.